The number of nitrogens with zero attached hydrogens (tertiary/aromatic N) is 1. The van der Waals surface area contributed by atoms with Crippen molar-refractivity contribution in [2.45, 2.75) is 63.8 Å². The Bertz CT molecular complexity index is 928. The Morgan fingerprint density at radius 3 is 2.50 bits per heavy atom. The predicted molar refractivity (Wildman–Crippen MR) is 111 cm³/mol. The maximum absolute atomic E-state index is 12.5. The first-order chi connectivity index (χ1) is 13.8. The van der Waals surface area contributed by atoms with Crippen molar-refractivity contribution < 1.29 is 14.6 Å². The number of urea groups is 1. The van der Waals surface area contributed by atoms with Crippen LogP contribution in [0.2, 0.25) is 0 Å². The summed E-state index contributed by atoms with van der Waals surface area (Å²) in [5.41, 5.74) is 5.26. The topological polar surface area (TPSA) is 78.5 Å². The molecule has 6 nitrogen and oxygen atoms in total. The van der Waals surface area contributed by atoms with Gasteiger partial charge in [0.05, 0.1) is 0 Å². The molecule has 1 heterocycles. The Morgan fingerprint density at radius 1 is 1.18 bits per heavy atom. The van der Waals surface area contributed by atoms with E-state index in [9.17, 15) is 13.2 Å². The molecule has 28 heavy (non-hydrogen) atoms. The average Bonchev–Trinajstić information content (AvgIpc) is 3.39. The molecule has 0 radical (unpaired) electrons. The standard InChI is InChI=1S/C21H29N3O3S/c1-21(10-5-12-24(21)2)11-13-28(26,27)23-20(25)22-19-17-8-3-6-15(17)14-16-7-4-9-18(16)19/h11,13-14H,3-10,12H2,1-2H3,(H2,22,23,25)/b13-11+/t21-/m1/s1/i2D. The van der Waals surface area contributed by atoms with Crippen molar-refractivity contribution in [3.8, 4) is 0 Å². The number of benzene rings is 1. The van der Waals surface area contributed by atoms with E-state index in [1.807, 2.05) is 11.8 Å². The van der Waals surface area contributed by atoms with Gasteiger partial charge in [-0.1, -0.05) is 12.1 Å². The zero-order chi connectivity index (χ0) is 20.6. The van der Waals surface area contributed by atoms with E-state index in [2.05, 4.69) is 16.1 Å². The number of carbonyl (C=O) groups is 1. The van der Waals surface area contributed by atoms with E-state index in [1.54, 1.807) is 6.08 Å². The van der Waals surface area contributed by atoms with Crippen molar-refractivity contribution in [3.05, 3.63) is 39.8 Å². The fourth-order valence-electron chi connectivity index (χ4n) is 4.74. The van der Waals surface area contributed by atoms with Crippen LogP contribution in [-0.2, 0) is 35.7 Å². The second kappa shape index (κ2) is 7.19. The minimum atomic E-state index is -3.92. The summed E-state index contributed by atoms with van der Waals surface area (Å²) in [7, 11) is -3.79. The van der Waals surface area contributed by atoms with E-state index in [-0.39, 0.29) is 7.02 Å². The number of fused-ring (bicyclic) bond motifs is 2. The number of amides is 2. The maximum Gasteiger partial charge on any atom is 0.333 e. The number of rotatable bonds is 4. The molecule has 152 valence electrons. The normalized spacial score (nSPS) is 25.0. The molecule has 1 fully saturated rings. The van der Waals surface area contributed by atoms with Gasteiger partial charge in [0.2, 0.25) is 0 Å². The molecule has 1 aliphatic heterocycles. The summed E-state index contributed by atoms with van der Waals surface area (Å²) in [6.07, 6.45) is 9.35. The molecule has 1 atom stereocenters. The molecule has 0 saturated carbocycles. The number of hydrogen-bond donors (Lipinski definition) is 2. The Hall–Kier alpha value is -1.86. The third-order valence-corrected chi connectivity index (χ3v) is 7.35. The molecular formula is C21H29N3O3S. The second-order valence-corrected chi connectivity index (χ2v) is 9.93. The number of hydrogen-bond acceptors (Lipinski definition) is 4. The maximum atomic E-state index is 12.5. The van der Waals surface area contributed by atoms with Crippen molar-refractivity contribution in [2.75, 3.05) is 18.9 Å². The van der Waals surface area contributed by atoms with Gasteiger partial charge in [0, 0.05) is 18.0 Å². The lowest BCUT2D eigenvalue weighted by Gasteiger charge is -2.28. The zero-order valence-corrected chi connectivity index (χ0v) is 17.2. The first-order valence-electron chi connectivity index (χ1n) is 10.8. The number of likely N-dealkylation sites (tertiary alicyclic amines) is 1. The molecule has 0 unspecified atom stereocenters. The van der Waals surface area contributed by atoms with Gasteiger partial charge in [0.1, 0.15) is 0 Å². The number of nitrogens with one attached hydrogen (secondary N) is 2. The van der Waals surface area contributed by atoms with Crippen molar-refractivity contribution >= 4 is 21.7 Å². The molecular weight excluding hydrogens is 374 g/mol. The van der Waals surface area contributed by atoms with Gasteiger partial charge in [-0.25, -0.2) is 17.9 Å². The largest absolute Gasteiger partial charge is 0.333 e. The van der Waals surface area contributed by atoms with Gasteiger partial charge in [0.25, 0.3) is 10.0 Å². The van der Waals surface area contributed by atoms with E-state index in [4.69, 9.17) is 1.37 Å². The van der Waals surface area contributed by atoms with Crippen LogP contribution in [0.5, 0.6) is 0 Å². The number of likely N-dealkylation sites (N-methyl/N-ethyl adjacent to an activating group) is 1. The summed E-state index contributed by atoms with van der Waals surface area (Å²) in [4.78, 5) is 14.5. The van der Waals surface area contributed by atoms with Gasteiger partial charge in [-0.15, -0.1) is 0 Å². The Morgan fingerprint density at radius 2 is 1.86 bits per heavy atom. The van der Waals surface area contributed by atoms with E-state index in [0.29, 0.717) is 0 Å². The SMILES string of the molecule is [2H]CN1CCC[C@]1(C)/C=C/S(=O)(=O)NC(=O)Nc1c2c(cc3c1CCC3)CCC2. The van der Waals surface area contributed by atoms with Crippen LogP contribution in [0.1, 0.15) is 56.2 Å². The second-order valence-electron chi connectivity index (χ2n) is 8.36. The molecule has 1 aromatic rings. The number of anilines is 1. The number of sulfonamides is 1. The van der Waals surface area contributed by atoms with Crippen molar-refractivity contribution in [3.63, 3.8) is 0 Å². The van der Waals surface area contributed by atoms with Gasteiger partial charge in [-0.2, -0.15) is 0 Å². The van der Waals surface area contributed by atoms with Crippen LogP contribution < -0.4 is 10.0 Å². The van der Waals surface area contributed by atoms with E-state index >= 15 is 0 Å². The highest BCUT2D eigenvalue weighted by Gasteiger charge is 2.32. The molecule has 2 N–H and O–H groups in total. The first kappa shape index (κ1) is 18.2. The lowest BCUT2D eigenvalue weighted by Crippen LogP contribution is -2.37. The highest BCUT2D eigenvalue weighted by atomic mass is 32.2. The van der Waals surface area contributed by atoms with E-state index in [1.165, 1.54) is 22.3 Å². The summed E-state index contributed by atoms with van der Waals surface area (Å²) < 4.78 is 34.7. The zero-order valence-electron chi connectivity index (χ0n) is 17.4. The smallest absolute Gasteiger partial charge is 0.307 e. The summed E-state index contributed by atoms with van der Waals surface area (Å²) in [5.74, 6) is 0. The molecule has 2 aliphatic carbocycles. The molecule has 1 saturated heterocycles. The fraction of sp³-hybridized carbons (Fsp3) is 0.571. The third-order valence-electron chi connectivity index (χ3n) is 6.39. The van der Waals surface area contributed by atoms with Crippen molar-refractivity contribution in [1.82, 2.24) is 9.62 Å². The average molecular weight is 405 g/mol. The van der Waals surface area contributed by atoms with Gasteiger partial charge in [-0.3, -0.25) is 4.90 Å². The Kier molecular flexibility index (Phi) is 4.67. The van der Waals surface area contributed by atoms with Crippen molar-refractivity contribution in [2.24, 2.45) is 0 Å². The van der Waals surface area contributed by atoms with Gasteiger partial charge < -0.3 is 5.32 Å². The van der Waals surface area contributed by atoms with Crippen LogP contribution in [0.25, 0.3) is 0 Å². The summed E-state index contributed by atoms with van der Waals surface area (Å²) in [5, 5.41) is 3.92. The predicted octanol–water partition coefficient (Wildman–Crippen LogP) is 3.11. The monoisotopic (exact) mass is 404 g/mol. The highest BCUT2D eigenvalue weighted by Crippen LogP contribution is 2.38. The van der Waals surface area contributed by atoms with Crippen LogP contribution in [-0.4, -0.2) is 38.5 Å². The van der Waals surface area contributed by atoms with Gasteiger partial charge in [0.15, 0.2) is 0 Å². The Labute approximate surface area is 168 Å². The lowest BCUT2D eigenvalue weighted by atomic mass is 9.99. The Balaban J connectivity index is 1.49. The van der Waals surface area contributed by atoms with Crippen LogP contribution in [0, 0.1) is 0 Å². The van der Waals surface area contributed by atoms with Crippen LogP contribution >= 0.6 is 0 Å². The van der Waals surface area contributed by atoms with Gasteiger partial charge >= 0.3 is 6.03 Å². The van der Waals surface area contributed by atoms with Crippen LogP contribution in [0.15, 0.2) is 17.6 Å². The lowest BCUT2D eigenvalue weighted by molar-refractivity contribution is 0.251. The minimum absolute atomic E-state index is 0.124. The van der Waals surface area contributed by atoms with Crippen molar-refractivity contribution in [1.29, 1.82) is 0 Å². The number of aryl methyl sites for hydroxylation is 2. The van der Waals surface area contributed by atoms with Crippen LogP contribution in [0.3, 0.4) is 0 Å². The molecule has 0 bridgehead atoms. The highest BCUT2D eigenvalue weighted by molar-refractivity contribution is 7.92. The minimum Gasteiger partial charge on any atom is -0.307 e. The third kappa shape index (κ3) is 3.70. The quantitative estimate of drug-likeness (QED) is 0.808. The summed E-state index contributed by atoms with van der Waals surface area (Å²) in [6.45, 7) is 2.71. The molecule has 1 aromatic carbocycles. The summed E-state index contributed by atoms with van der Waals surface area (Å²) >= 11 is 0. The van der Waals surface area contributed by atoms with E-state index < -0.39 is 21.6 Å². The van der Waals surface area contributed by atoms with Crippen LogP contribution in [0.4, 0.5) is 10.5 Å². The fourth-order valence-corrected chi connectivity index (χ4v) is 5.59. The molecule has 0 spiro atoms. The van der Waals surface area contributed by atoms with Gasteiger partial charge in [-0.05, 0) is 94.1 Å². The molecule has 3 aliphatic rings. The molecule has 7 heteroatoms. The first-order valence-corrected chi connectivity index (χ1v) is 11.6. The summed E-state index contributed by atoms with van der Waals surface area (Å²) in [6, 6.07) is 1.56. The molecule has 4 rings (SSSR count). The van der Waals surface area contributed by atoms with E-state index in [0.717, 1.165) is 69.0 Å². The molecule has 2 amide bonds. The molecule has 0 aromatic heterocycles. The number of carbonyl (C=O) groups excluding carboxylic acids is 1.